The molecule has 0 radical (unpaired) electrons. The van der Waals surface area contributed by atoms with Crippen molar-refractivity contribution in [2.45, 2.75) is 52.9 Å². The molecule has 0 bridgehead atoms. The van der Waals surface area contributed by atoms with Gasteiger partial charge in [0.2, 0.25) is 0 Å². The fourth-order valence-electron chi connectivity index (χ4n) is 2.26. The van der Waals surface area contributed by atoms with Gasteiger partial charge in [-0.25, -0.2) is 4.98 Å². The maximum atomic E-state index is 5.66. The van der Waals surface area contributed by atoms with E-state index >= 15 is 0 Å². The van der Waals surface area contributed by atoms with Crippen LogP contribution in [0.1, 0.15) is 45.1 Å². The molecule has 0 aliphatic carbocycles. The minimum atomic E-state index is 0.208. The lowest BCUT2D eigenvalue weighted by Gasteiger charge is -2.16. The van der Waals surface area contributed by atoms with Gasteiger partial charge in [0.1, 0.15) is 11.6 Å². The van der Waals surface area contributed by atoms with Crippen LogP contribution in [0, 0.1) is 0 Å². The van der Waals surface area contributed by atoms with Gasteiger partial charge >= 0.3 is 0 Å². The van der Waals surface area contributed by atoms with Crippen LogP contribution in [0.15, 0.2) is 36.7 Å². The van der Waals surface area contributed by atoms with E-state index in [1.54, 1.807) is 0 Å². The lowest BCUT2D eigenvalue weighted by molar-refractivity contribution is 0.242. The third-order valence-electron chi connectivity index (χ3n) is 3.46. The molecular weight excluding hydrogens is 262 g/mol. The van der Waals surface area contributed by atoms with E-state index in [-0.39, 0.29) is 12.1 Å². The SMILES string of the molecule is CCn1ccnc1CNC(C)c1ccc(OC(C)C)cc1. The fourth-order valence-corrected chi connectivity index (χ4v) is 2.26. The number of hydrogen-bond acceptors (Lipinski definition) is 3. The zero-order valence-corrected chi connectivity index (χ0v) is 13.3. The molecule has 1 N–H and O–H groups in total. The predicted octanol–water partition coefficient (Wildman–Crippen LogP) is 3.54. The first-order chi connectivity index (χ1) is 10.1. The number of aromatic nitrogens is 2. The van der Waals surface area contributed by atoms with Gasteiger partial charge in [-0.1, -0.05) is 12.1 Å². The second-order valence-corrected chi connectivity index (χ2v) is 5.47. The summed E-state index contributed by atoms with van der Waals surface area (Å²) in [6.45, 7) is 10.1. The summed E-state index contributed by atoms with van der Waals surface area (Å²) >= 11 is 0. The second-order valence-electron chi connectivity index (χ2n) is 5.47. The zero-order valence-electron chi connectivity index (χ0n) is 13.3. The molecule has 1 unspecified atom stereocenters. The second kappa shape index (κ2) is 7.27. The van der Waals surface area contributed by atoms with Gasteiger partial charge in [-0.15, -0.1) is 0 Å². The molecule has 1 atom stereocenters. The molecule has 0 aliphatic rings. The molecule has 2 aromatic rings. The van der Waals surface area contributed by atoms with E-state index in [9.17, 15) is 0 Å². The topological polar surface area (TPSA) is 39.1 Å². The van der Waals surface area contributed by atoms with Crippen molar-refractivity contribution in [1.82, 2.24) is 14.9 Å². The number of nitrogens with one attached hydrogen (secondary N) is 1. The molecule has 1 aromatic carbocycles. The highest BCUT2D eigenvalue weighted by Crippen LogP contribution is 2.18. The van der Waals surface area contributed by atoms with Crippen LogP contribution in [0.4, 0.5) is 0 Å². The third-order valence-corrected chi connectivity index (χ3v) is 3.46. The number of nitrogens with zero attached hydrogens (tertiary/aromatic N) is 2. The summed E-state index contributed by atoms with van der Waals surface area (Å²) in [5.41, 5.74) is 1.25. The Balaban J connectivity index is 1.92. The first kappa shape index (κ1) is 15.6. The number of rotatable bonds is 7. The van der Waals surface area contributed by atoms with E-state index in [1.807, 2.05) is 38.4 Å². The minimum Gasteiger partial charge on any atom is -0.491 e. The lowest BCUT2D eigenvalue weighted by Crippen LogP contribution is -2.20. The molecule has 0 aliphatic heterocycles. The van der Waals surface area contributed by atoms with Gasteiger partial charge in [-0.3, -0.25) is 0 Å². The van der Waals surface area contributed by atoms with Gasteiger partial charge < -0.3 is 14.6 Å². The molecule has 21 heavy (non-hydrogen) atoms. The highest BCUT2D eigenvalue weighted by molar-refractivity contribution is 5.29. The Bertz CT molecular complexity index is 545. The van der Waals surface area contributed by atoms with Crippen LogP contribution in [0.25, 0.3) is 0 Å². The average molecular weight is 287 g/mol. The Morgan fingerprint density at radius 1 is 1.19 bits per heavy atom. The summed E-state index contributed by atoms with van der Waals surface area (Å²) in [5.74, 6) is 1.99. The Morgan fingerprint density at radius 2 is 1.90 bits per heavy atom. The van der Waals surface area contributed by atoms with Crippen molar-refractivity contribution in [2.24, 2.45) is 0 Å². The molecule has 0 fully saturated rings. The number of benzene rings is 1. The number of imidazole rings is 1. The van der Waals surface area contributed by atoms with E-state index in [4.69, 9.17) is 4.74 Å². The van der Waals surface area contributed by atoms with E-state index in [0.29, 0.717) is 0 Å². The monoisotopic (exact) mass is 287 g/mol. The van der Waals surface area contributed by atoms with Crippen LogP contribution in [0.5, 0.6) is 5.75 Å². The van der Waals surface area contributed by atoms with E-state index in [2.05, 4.69) is 40.8 Å². The van der Waals surface area contributed by atoms with E-state index < -0.39 is 0 Å². The van der Waals surface area contributed by atoms with Crippen molar-refractivity contribution in [3.63, 3.8) is 0 Å². The quantitative estimate of drug-likeness (QED) is 0.846. The molecule has 114 valence electrons. The maximum Gasteiger partial charge on any atom is 0.122 e. The molecule has 4 nitrogen and oxygen atoms in total. The van der Waals surface area contributed by atoms with E-state index in [0.717, 1.165) is 24.7 Å². The Hall–Kier alpha value is -1.81. The van der Waals surface area contributed by atoms with Crippen LogP contribution < -0.4 is 10.1 Å². The Labute approximate surface area is 127 Å². The Kier molecular flexibility index (Phi) is 5.39. The van der Waals surface area contributed by atoms with E-state index in [1.165, 1.54) is 5.56 Å². The molecule has 1 heterocycles. The van der Waals surface area contributed by atoms with Crippen molar-refractivity contribution in [1.29, 1.82) is 0 Å². The van der Waals surface area contributed by atoms with Gasteiger partial charge in [0.05, 0.1) is 12.6 Å². The zero-order chi connectivity index (χ0) is 15.2. The van der Waals surface area contributed by atoms with Gasteiger partial charge in [0.15, 0.2) is 0 Å². The molecule has 0 spiro atoms. The van der Waals surface area contributed by atoms with Crippen LogP contribution >= 0.6 is 0 Å². The fraction of sp³-hybridized carbons (Fsp3) is 0.471. The van der Waals surface area contributed by atoms with Crippen molar-refractivity contribution < 1.29 is 4.74 Å². The molecule has 0 amide bonds. The lowest BCUT2D eigenvalue weighted by atomic mass is 10.1. The van der Waals surface area contributed by atoms with Gasteiger partial charge in [-0.2, -0.15) is 0 Å². The number of hydrogen-bond donors (Lipinski definition) is 1. The summed E-state index contributed by atoms with van der Waals surface area (Å²) in [5, 5.41) is 3.51. The van der Waals surface area contributed by atoms with Crippen LogP contribution in [0.2, 0.25) is 0 Å². The van der Waals surface area contributed by atoms with Crippen molar-refractivity contribution >= 4 is 0 Å². The van der Waals surface area contributed by atoms with Crippen LogP contribution in [-0.2, 0) is 13.1 Å². The van der Waals surface area contributed by atoms with Gasteiger partial charge in [0, 0.05) is 25.0 Å². The summed E-state index contributed by atoms with van der Waals surface area (Å²) in [7, 11) is 0. The first-order valence-electron chi connectivity index (χ1n) is 7.60. The predicted molar refractivity (Wildman–Crippen MR) is 85.4 cm³/mol. The summed E-state index contributed by atoms with van der Waals surface area (Å²) < 4.78 is 7.82. The smallest absolute Gasteiger partial charge is 0.122 e. The molecule has 2 rings (SSSR count). The molecule has 1 aromatic heterocycles. The van der Waals surface area contributed by atoms with Crippen LogP contribution in [0.3, 0.4) is 0 Å². The highest BCUT2D eigenvalue weighted by atomic mass is 16.5. The summed E-state index contributed by atoms with van der Waals surface area (Å²) in [4.78, 5) is 4.38. The number of aryl methyl sites for hydroxylation is 1. The van der Waals surface area contributed by atoms with Crippen molar-refractivity contribution in [3.05, 3.63) is 48.0 Å². The third kappa shape index (κ3) is 4.33. The normalized spacial score (nSPS) is 12.6. The summed E-state index contributed by atoms with van der Waals surface area (Å²) in [6, 6.07) is 8.56. The van der Waals surface area contributed by atoms with Crippen LogP contribution in [-0.4, -0.2) is 15.7 Å². The van der Waals surface area contributed by atoms with Crippen molar-refractivity contribution in [3.8, 4) is 5.75 Å². The first-order valence-corrected chi connectivity index (χ1v) is 7.60. The minimum absolute atomic E-state index is 0.208. The Morgan fingerprint density at radius 3 is 2.52 bits per heavy atom. The van der Waals surface area contributed by atoms with Gasteiger partial charge in [0.25, 0.3) is 0 Å². The maximum absolute atomic E-state index is 5.66. The van der Waals surface area contributed by atoms with Crippen molar-refractivity contribution in [2.75, 3.05) is 0 Å². The highest BCUT2D eigenvalue weighted by Gasteiger charge is 2.08. The molecular formula is C17H25N3O. The van der Waals surface area contributed by atoms with Gasteiger partial charge in [-0.05, 0) is 45.4 Å². The number of ether oxygens (including phenoxy) is 1. The largest absolute Gasteiger partial charge is 0.491 e. The standard InChI is InChI=1S/C17H25N3O/c1-5-20-11-10-18-17(20)12-19-14(4)15-6-8-16(9-7-15)21-13(2)3/h6-11,13-14,19H,5,12H2,1-4H3. The average Bonchev–Trinajstić information content (AvgIpc) is 2.92. The molecule has 4 heteroatoms. The summed E-state index contributed by atoms with van der Waals surface area (Å²) in [6.07, 6.45) is 4.07. The molecule has 0 saturated heterocycles. The molecule has 0 saturated carbocycles.